The van der Waals surface area contributed by atoms with Gasteiger partial charge in [0.05, 0.1) is 0 Å². The van der Waals surface area contributed by atoms with E-state index >= 15 is 0 Å². The number of imide groups is 1. The van der Waals surface area contributed by atoms with Gasteiger partial charge in [0.15, 0.2) is 0 Å². The maximum atomic E-state index is 13.4. The number of hydrogen-bond acceptors (Lipinski definition) is 4. The molecule has 6 heteroatoms. The molecule has 2 aromatic carbocycles. The van der Waals surface area contributed by atoms with E-state index in [0.29, 0.717) is 19.5 Å². The number of amides is 3. The molecule has 0 N–H and O–H groups in total. The van der Waals surface area contributed by atoms with Gasteiger partial charge in [-0.2, -0.15) is 0 Å². The molecule has 1 atom stereocenters. The fraction of sp³-hybridized carbons (Fsp3) is 0.348. The van der Waals surface area contributed by atoms with E-state index in [2.05, 4.69) is 17.0 Å². The molecule has 2 fully saturated rings. The highest BCUT2D eigenvalue weighted by Crippen LogP contribution is 2.22. The average Bonchev–Trinajstić information content (AvgIpc) is 3.11. The lowest BCUT2D eigenvalue weighted by Crippen LogP contribution is -2.56. The molecule has 150 valence electrons. The Labute approximate surface area is 170 Å². The van der Waals surface area contributed by atoms with Crippen molar-refractivity contribution < 1.29 is 14.4 Å². The van der Waals surface area contributed by atoms with Crippen LogP contribution in [0.25, 0.3) is 0 Å². The minimum absolute atomic E-state index is 0.134. The van der Waals surface area contributed by atoms with E-state index in [-0.39, 0.29) is 30.6 Å². The molecule has 0 aromatic heterocycles. The van der Waals surface area contributed by atoms with Crippen LogP contribution in [0.2, 0.25) is 0 Å². The second-order valence-corrected chi connectivity index (χ2v) is 7.51. The Morgan fingerprint density at radius 3 is 1.93 bits per heavy atom. The molecule has 2 saturated heterocycles. The summed E-state index contributed by atoms with van der Waals surface area (Å²) in [5, 5.41) is 0. The van der Waals surface area contributed by atoms with Crippen molar-refractivity contribution in [1.29, 1.82) is 0 Å². The number of carbonyl (C=O) groups is 3. The standard InChI is InChI=1S/C23H25N3O3/c27-21-11-12-22(28)26(21)20(17-18-7-3-1-4-8-18)23(29)25-15-13-24(14-16-25)19-9-5-2-6-10-19/h1-10,20H,11-17H2. The maximum absolute atomic E-state index is 13.4. The van der Waals surface area contributed by atoms with Gasteiger partial charge in [0.25, 0.3) is 0 Å². The number of benzene rings is 2. The maximum Gasteiger partial charge on any atom is 0.246 e. The van der Waals surface area contributed by atoms with Crippen LogP contribution in [0, 0.1) is 0 Å². The van der Waals surface area contributed by atoms with E-state index in [1.165, 1.54) is 4.90 Å². The molecule has 2 aromatic rings. The average molecular weight is 391 g/mol. The SMILES string of the molecule is O=C(C(Cc1ccccc1)N1C(=O)CCC1=O)N1CCN(c2ccccc2)CC1. The zero-order valence-corrected chi connectivity index (χ0v) is 16.4. The summed E-state index contributed by atoms with van der Waals surface area (Å²) in [6, 6.07) is 19.0. The Bertz CT molecular complexity index is 861. The number of rotatable bonds is 5. The molecular weight excluding hydrogens is 366 g/mol. The summed E-state index contributed by atoms with van der Waals surface area (Å²) in [5.74, 6) is -0.621. The lowest BCUT2D eigenvalue weighted by atomic mass is 10.0. The first kappa shape index (κ1) is 19.2. The highest BCUT2D eigenvalue weighted by molar-refractivity contribution is 6.05. The third-order valence-electron chi connectivity index (χ3n) is 5.67. The van der Waals surface area contributed by atoms with Gasteiger partial charge in [-0.3, -0.25) is 19.3 Å². The second-order valence-electron chi connectivity index (χ2n) is 7.51. The second kappa shape index (κ2) is 8.47. The van der Waals surface area contributed by atoms with Crippen LogP contribution in [0.4, 0.5) is 5.69 Å². The van der Waals surface area contributed by atoms with E-state index in [0.717, 1.165) is 24.3 Å². The summed E-state index contributed by atoms with van der Waals surface area (Å²) in [6.45, 7) is 2.62. The normalized spacial score (nSPS) is 18.3. The number of anilines is 1. The van der Waals surface area contributed by atoms with Crippen LogP contribution in [-0.4, -0.2) is 59.7 Å². The van der Waals surface area contributed by atoms with Crippen molar-refractivity contribution in [3.8, 4) is 0 Å². The predicted octanol–water partition coefficient (Wildman–Crippen LogP) is 2.10. The molecule has 0 spiro atoms. The fourth-order valence-corrected chi connectivity index (χ4v) is 4.10. The van der Waals surface area contributed by atoms with Gasteiger partial charge in [-0.25, -0.2) is 0 Å². The molecule has 29 heavy (non-hydrogen) atoms. The van der Waals surface area contributed by atoms with E-state index in [1.54, 1.807) is 4.90 Å². The number of para-hydroxylation sites is 1. The Hall–Kier alpha value is -3.15. The van der Waals surface area contributed by atoms with Crippen LogP contribution in [0.5, 0.6) is 0 Å². The van der Waals surface area contributed by atoms with Gasteiger partial charge in [0.2, 0.25) is 17.7 Å². The Morgan fingerprint density at radius 2 is 1.34 bits per heavy atom. The minimum Gasteiger partial charge on any atom is -0.368 e. The minimum atomic E-state index is -0.761. The molecule has 2 aliphatic rings. The molecule has 0 aliphatic carbocycles. The molecule has 0 bridgehead atoms. The van der Waals surface area contributed by atoms with Crippen LogP contribution in [0.15, 0.2) is 60.7 Å². The fourth-order valence-electron chi connectivity index (χ4n) is 4.10. The van der Waals surface area contributed by atoms with E-state index < -0.39 is 6.04 Å². The molecule has 6 nitrogen and oxygen atoms in total. The van der Waals surface area contributed by atoms with Gasteiger partial charge >= 0.3 is 0 Å². The molecule has 4 rings (SSSR count). The van der Waals surface area contributed by atoms with Crippen LogP contribution in [-0.2, 0) is 20.8 Å². The number of hydrogen-bond donors (Lipinski definition) is 0. The number of nitrogens with zero attached hydrogens (tertiary/aromatic N) is 3. The van der Waals surface area contributed by atoms with Crippen molar-refractivity contribution in [2.45, 2.75) is 25.3 Å². The van der Waals surface area contributed by atoms with E-state index in [1.807, 2.05) is 48.5 Å². The van der Waals surface area contributed by atoms with Crippen molar-refractivity contribution in [2.24, 2.45) is 0 Å². The summed E-state index contributed by atoms with van der Waals surface area (Å²) in [4.78, 5) is 43.4. The number of carbonyl (C=O) groups excluding carboxylic acids is 3. The molecule has 2 heterocycles. The zero-order valence-electron chi connectivity index (χ0n) is 16.4. The van der Waals surface area contributed by atoms with Crippen LogP contribution >= 0.6 is 0 Å². The first-order valence-electron chi connectivity index (χ1n) is 10.1. The highest BCUT2D eigenvalue weighted by Gasteiger charge is 2.40. The van der Waals surface area contributed by atoms with E-state index in [9.17, 15) is 14.4 Å². The Morgan fingerprint density at radius 1 is 0.793 bits per heavy atom. The van der Waals surface area contributed by atoms with Gasteiger partial charge in [0, 0.05) is 51.1 Å². The molecule has 0 radical (unpaired) electrons. The van der Waals surface area contributed by atoms with Crippen molar-refractivity contribution in [2.75, 3.05) is 31.1 Å². The largest absolute Gasteiger partial charge is 0.368 e. The highest BCUT2D eigenvalue weighted by atomic mass is 16.2. The lowest BCUT2D eigenvalue weighted by Gasteiger charge is -2.38. The smallest absolute Gasteiger partial charge is 0.246 e. The third-order valence-corrected chi connectivity index (χ3v) is 5.67. The third kappa shape index (κ3) is 4.16. The molecule has 0 saturated carbocycles. The van der Waals surface area contributed by atoms with Crippen molar-refractivity contribution in [1.82, 2.24) is 9.80 Å². The van der Waals surface area contributed by atoms with Gasteiger partial charge < -0.3 is 9.80 Å². The molecule has 1 unspecified atom stereocenters. The van der Waals surface area contributed by atoms with Crippen LogP contribution in [0.1, 0.15) is 18.4 Å². The van der Waals surface area contributed by atoms with Gasteiger partial charge in [0.1, 0.15) is 6.04 Å². The predicted molar refractivity (Wildman–Crippen MR) is 110 cm³/mol. The first-order valence-corrected chi connectivity index (χ1v) is 10.1. The summed E-state index contributed by atoms with van der Waals surface area (Å²) in [5.41, 5.74) is 2.09. The first-order chi connectivity index (χ1) is 14.1. The van der Waals surface area contributed by atoms with Crippen LogP contribution in [0.3, 0.4) is 0 Å². The van der Waals surface area contributed by atoms with Crippen molar-refractivity contribution in [3.63, 3.8) is 0 Å². The van der Waals surface area contributed by atoms with Crippen molar-refractivity contribution in [3.05, 3.63) is 66.2 Å². The van der Waals surface area contributed by atoms with Crippen LogP contribution < -0.4 is 4.90 Å². The Balaban J connectivity index is 1.49. The summed E-state index contributed by atoms with van der Waals surface area (Å²) in [7, 11) is 0. The molecular formula is C23H25N3O3. The van der Waals surface area contributed by atoms with E-state index in [4.69, 9.17) is 0 Å². The van der Waals surface area contributed by atoms with Gasteiger partial charge in [-0.1, -0.05) is 48.5 Å². The Kier molecular flexibility index (Phi) is 5.60. The van der Waals surface area contributed by atoms with Gasteiger partial charge in [-0.15, -0.1) is 0 Å². The monoisotopic (exact) mass is 391 g/mol. The van der Waals surface area contributed by atoms with Gasteiger partial charge in [-0.05, 0) is 17.7 Å². The lowest BCUT2D eigenvalue weighted by molar-refractivity contribution is -0.150. The summed E-state index contributed by atoms with van der Waals surface area (Å²) in [6.07, 6.45) is 0.744. The summed E-state index contributed by atoms with van der Waals surface area (Å²) >= 11 is 0. The van der Waals surface area contributed by atoms with Crippen molar-refractivity contribution >= 4 is 23.4 Å². The molecule has 2 aliphatic heterocycles. The zero-order chi connectivity index (χ0) is 20.2. The molecule has 3 amide bonds. The summed E-state index contributed by atoms with van der Waals surface area (Å²) < 4.78 is 0. The topological polar surface area (TPSA) is 60.9 Å². The number of likely N-dealkylation sites (tertiary alicyclic amines) is 1. The quantitative estimate of drug-likeness (QED) is 0.733. The number of piperazine rings is 1.